The molecule has 178 valence electrons. The molecule has 3 heterocycles. The fraction of sp³-hybridized carbons (Fsp3) is 0.259. The van der Waals surface area contributed by atoms with Crippen LogP contribution in [0.2, 0.25) is 5.02 Å². The molecule has 4 N–H and O–H groups in total. The van der Waals surface area contributed by atoms with Crippen LogP contribution in [0.4, 0.5) is 0 Å². The molecule has 1 aliphatic carbocycles. The number of fused-ring (bicyclic) bond motifs is 3. The molecule has 8 heteroatoms. The van der Waals surface area contributed by atoms with Crippen LogP contribution in [-0.2, 0) is 0 Å². The number of aromatic amines is 2. The van der Waals surface area contributed by atoms with E-state index in [-0.39, 0.29) is 12.0 Å². The van der Waals surface area contributed by atoms with Crippen molar-refractivity contribution in [3.05, 3.63) is 82.9 Å². The highest BCUT2D eigenvalue weighted by molar-refractivity contribution is 6.31. The van der Waals surface area contributed by atoms with E-state index >= 15 is 0 Å². The number of aliphatic hydroxyl groups is 2. The van der Waals surface area contributed by atoms with E-state index < -0.39 is 6.10 Å². The first-order valence-electron chi connectivity index (χ1n) is 11.8. The number of aliphatic hydroxyl groups excluding tert-OH is 2. The molecule has 35 heavy (non-hydrogen) atoms. The van der Waals surface area contributed by atoms with Gasteiger partial charge in [0.1, 0.15) is 34.6 Å². The maximum atomic E-state index is 11.3. The van der Waals surface area contributed by atoms with Crippen LogP contribution in [0.25, 0.3) is 22.1 Å². The average molecular weight is 489 g/mol. The van der Waals surface area contributed by atoms with Crippen LogP contribution < -0.4 is 4.74 Å². The molecule has 1 fully saturated rings. The van der Waals surface area contributed by atoms with Gasteiger partial charge in [0.15, 0.2) is 0 Å². The van der Waals surface area contributed by atoms with Crippen molar-refractivity contribution in [2.75, 3.05) is 0 Å². The maximum Gasteiger partial charge on any atom is 0.139 e. The molecular formula is C27H25ClN4O3. The summed E-state index contributed by atoms with van der Waals surface area (Å²) in [7, 11) is 0. The third-order valence-corrected chi connectivity index (χ3v) is 7.11. The minimum absolute atomic E-state index is 0.181. The summed E-state index contributed by atoms with van der Waals surface area (Å²) in [6, 6.07) is 14.7. The highest BCUT2D eigenvalue weighted by atomic mass is 35.5. The smallest absolute Gasteiger partial charge is 0.139 e. The molecule has 0 saturated heterocycles. The second-order valence-electron chi connectivity index (χ2n) is 9.13. The van der Waals surface area contributed by atoms with Gasteiger partial charge in [-0.3, -0.25) is 0 Å². The summed E-state index contributed by atoms with van der Waals surface area (Å²) < 4.78 is 5.87. The van der Waals surface area contributed by atoms with E-state index in [0.717, 1.165) is 41.5 Å². The Bertz CT molecular complexity index is 1500. The third-order valence-electron chi connectivity index (χ3n) is 6.78. The molecule has 0 aliphatic heterocycles. The Labute approximate surface area is 206 Å². The van der Waals surface area contributed by atoms with Gasteiger partial charge in [-0.1, -0.05) is 42.3 Å². The van der Waals surface area contributed by atoms with Crippen molar-refractivity contribution < 1.29 is 14.9 Å². The summed E-state index contributed by atoms with van der Waals surface area (Å²) in [6.07, 6.45) is 5.73. The fourth-order valence-electron chi connectivity index (χ4n) is 5.01. The van der Waals surface area contributed by atoms with Crippen molar-refractivity contribution in [1.82, 2.24) is 19.9 Å². The average Bonchev–Trinajstić information content (AvgIpc) is 3.49. The number of hydrogen-bond donors (Lipinski definition) is 4. The van der Waals surface area contributed by atoms with Gasteiger partial charge in [0.2, 0.25) is 0 Å². The Kier molecular flexibility index (Phi) is 5.68. The van der Waals surface area contributed by atoms with Gasteiger partial charge in [-0.25, -0.2) is 9.97 Å². The summed E-state index contributed by atoms with van der Waals surface area (Å²) in [5.41, 5.74) is 3.44. The van der Waals surface area contributed by atoms with Crippen molar-refractivity contribution in [3.63, 3.8) is 0 Å². The van der Waals surface area contributed by atoms with E-state index in [1.165, 1.54) is 0 Å². The molecule has 0 bridgehead atoms. The number of benzene rings is 2. The summed E-state index contributed by atoms with van der Waals surface area (Å²) in [4.78, 5) is 15.9. The summed E-state index contributed by atoms with van der Waals surface area (Å²) in [5.74, 6) is 2.34. The van der Waals surface area contributed by atoms with Crippen LogP contribution in [0.15, 0.2) is 60.9 Å². The Balaban J connectivity index is 1.35. The van der Waals surface area contributed by atoms with Gasteiger partial charge in [-0.2, -0.15) is 0 Å². The van der Waals surface area contributed by atoms with Gasteiger partial charge in [0.05, 0.1) is 28.2 Å². The molecule has 1 aliphatic rings. The van der Waals surface area contributed by atoms with E-state index in [0.29, 0.717) is 39.7 Å². The van der Waals surface area contributed by atoms with Crippen LogP contribution >= 0.6 is 11.6 Å². The SMILES string of the molecule is OC1CCCC(c2nc3cnc4[nH]cc(C(O)c5ccc(Oc6ccccc6)cc5Cl)c4c3[nH]2)C1. The Hall–Kier alpha value is -3.39. The molecule has 0 spiro atoms. The van der Waals surface area contributed by atoms with E-state index in [2.05, 4.69) is 15.0 Å². The lowest BCUT2D eigenvalue weighted by Crippen LogP contribution is -2.18. The van der Waals surface area contributed by atoms with E-state index in [1.54, 1.807) is 30.6 Å². The number of nitrogens with one attached hydrogen (secondary N) is 2. The van der Waals surface area contributed by atoms with Gasteiger partial charge in [0.25, 0.3) is 0 Å². The molecule has 3 aromatic heterocycles. The molecule has 1 saturated carbocycles. The lowest BCUT2D eigenvalue weighted by molar-refractivity contribution is 0.118. The molecule has 2 aromatic carbocycles. The number of aromatic nitrogens is 4. The molecule has 0 radical (unpaired) electrons. The quantitative estimate of drug-likeness (QED) is 0.243. The first kappa shape index (κ1) is 22.1. The predicted octanol–water partition coefficient (Wildman–Crippen LogP) is 5.99. The number of hydrogen-bond acceptors (Lipinski definition) is 5. The van der Waals surface area contributed by atoms with Gasteiger partial charge in [-0.05, 0) is 43.5 Å². The molecule has 3 atom stereocenters. The van der Waals surface area contributed by atoms with Gasteiger partial charge >= 0.3 is 0 Å². The lowest BCUT2D eigenvalue weighted by atomic mass is 9.87. The van der Waals surface area contributed by atoms with Crippen LogP contribution in [0, 0.1) is 0 Å². The lowest BCUT2D eigenvalue weighted by Gasteiger charge is -2.24. The monoisotopic (exact) mass is 488 g/mol. The van der Waals surface area contributed by atoms with Crippen LogP contribution in [-0.4, -0.2) is 36.3 Å². The van der Waals surface area contributed by atoms with Gasteiger partial charge in [-0.15, -0.1) is 0 Å². The highest BCUT2D eigenvalue weighted by Gasteiger charge is 2.26. The summed E-state index contributed by atoms with van der Waals surface area (Å²) in [5, 5.41) is 22.6. The zero-order chi connectivity index (χ0) is 23.9. The first-order chi connectivity index (χ1) is 17.1. The molecule has 0 amide bonds. The van der Waals surface area contributed by atoms with Crippen molar-refractivity contribution in [2.45, 2.75) is 43.8 Å². The molecule has 7 nitrogen and oxygen atoms in total. The Morgan fingerprint density at radius 2 is 1.91 bits per heavy atom. The second kappa shape index (κ2) is 9.00. The number of halogens is 1. The van der Waals surface area contributed by atoms with Crippen molar-refractivity contribution in [2.24, 2.45) is 0 Å². The summed E-state index contributed by atoms with van der Waals surface area (Å²) >= 11 is 6.59. The highest BCUT2D eigenvalue weighted by Crippen LogP contribution is 2.38. The zero-order valence-electron chi connectivity index (χ0n) is 18.9. The van der Waals surface area contributed by atoms with E-state index in [4.69, 9.17) is 21.3 Å². The largest absolute Gasteiger partial charge is 0.457 e. The normalized spacial score (nSPS) is 19.3. The molecule has 5 aromatic rings. The van der Waals surface area contributed by atoms with Crippen LogP contribution in [0.3, 0.4) is 0 Å². The van der Waals surface area contributed by atoms with E-state index in [9.17, 15) is 10.2 Å². The Morgan fingerprint density at radius 1 is 1.06 bits per heavy atom. The van der Waals surface area contributed by atoms with Crippen molar-refractivity contribution in [1.29, 1.82) is 0 Å². The number of rotatable bonds is 5. The number of para-hydroxylation sites is 1. The Morgan fingerprint density at radius 3 is 2.71 bits per heavy atom. The van der Waals surface area contributed by atoms with E-state index in [1.807, 2.05) is 30.3 Å². The second-order valence-corrected chi connectivity index (χ2v) is 9.53. The molecule has 6 rings (SSSR count). The van der Waals surface area contributed by atoms with Crippen molar-refractivity contribution >= 4 is 33.7 Å². The van der Waals surface area contributed by atoms with Gasteiger partial charge in [0, 0.05) is 23.2 Å². The van der Waals surface area contributed by atoms with Crippen LogP contribution in [0.1, 0.15) is 54.7 Å². The number of imidazole rings is 1. The standard InChI is InChI=1S/C27H25ClN4O3/c28-21-12-18(35-17-7-2-1-3-8-17)9-10-19(21)25(34)20-13-29-27-23(20)24-22(14-30-27)31-26(32-24)15-5-4-6-16(33)11-15/h1-3,7-10,12-16,25,33-34H,4-6,11H2,(H,29,30)(H,31,32). The summed E-state index contributed by atoms with van der Waals surface area (Å²) in [6.45, 7) is 0. The first-order valence-corrected chi connectivity index (χ1v) is 12.2. The molecular weight excluding hydrogens is 464 g/mol. The minimum Gasteiger partial charge on any atom is -0.457 e. The van der Waals surface area contributed by atoms with Crippen LogP contribution in [0.5, 0.6) is 11.5 Å². The third kappa shape index (κ3) is 4.16. The maximum absolute atomic E-state index is 11.3. The number of ether oxygens (including phenoxy) is 1. The molecule has 3 unspecified atom stereocenters. The number of H-pyrrole nitrogens is 2. The zero-order valence-corrected chi connectivity index (χ0v) is 19.7. The number of pyridine rings is 1. The van der Waals surface area contributed by atoms with Crippen molar-refractivity contribution in [3.8, 4) is 11.5 Å². The fourth-order valence-corrected chi connectivity index (χ4v) is 5.29. The predicted molar refractivity (Wildman–Crippen MR) is 135 cm³/mol. The van der Waals surface area contributed by atoms with Gasteiger partial charge < -0.3 is 24.9 Å². The topological polar surface area (TPSA) is 107 Å². The number of nitrogens with zero attached hydrogens (tertiary/aromatic N) is 2. The minimum atomic E-state index is -0.974.